The van der Waals surface area contributed by atoms with Crippen LogP contribution in [0, 0.1) is 0 Å². The first-order chi connectivity index (χ1) is 14.1. The van der Waals surface area contributed by atoms with Gasteiger partial charge in [-0.15, -0.1) is 0 Å². The van der Waals surface area contributed by atoms with Crippen LogP contribution in [0.5, 0.6) is 0 Å². The van der Waals surface area contributed by atoms with Gasteiger partial charge < -0.3 is 15.0 Å². The molecule has 0 saturated carbocycles. The SMILES string of the molecule is COC(=O)[C@@H](Cc1ccc(Cl)cc1)N1C(=O)c2ccccc2C1C(=O)NC(C)(C)C. The van der Waals surface area contributed by atoms with Crippen molar-refractivity contribution in [1.82, 2.24) is 10.2 Å². The van der Waals surface area contributed by atoms with Gasteiger partial charge in [0.25, 0.3) is 5.91 Å². The topological polar surface area (TPSA) is 75.7 Å². The largest absolute Gasteiger partial charge is 0.467 e. The number of ether oxygens (including phenoxy) is 1. The lowest BCUT2D eigenvalue weighted by Crippen LogP contribution is -2.52. The number of nitrogens with zero attached hydrogens (tertiary/aromatic N) is 1. The van der Waals surface area contributed by atoms with Gasteiger partial charge in [-0.25, -0.2) is 4.79 Å². The van der Waals surface area contributed by atoms with Crippen LogP contribution in [-0.4, -0.2) is 41.4 Å². The molecule has 158 valence electrons. The third-order valence-corrected chi connectivity index (χ3v) is 5.15. The molecule has 0 spiro atoms. The third-order valence-electron chi connectivity index (χ3n) is 4.90. The smallest absolute Gasteiger partial charge is 0.328 e. The molecule has 6 nitrogen and oxygen atoms in total. The Labute approximate surface area is 181 Å². The molecule has 0 saturated heterocycles. The summed E-state index contributed by atoms with van der Waals surface area (Å²) in [4.78, 5) is 40.6. The maximum atomic E-state index is 13.3. The van der Waals surface area contributed by atoms with Gasteiger partial charge in [0.15, 0.2) is 0 Å². The van der Waals surface area contributed by atoms with Crippen LogP contribution in [0.3, 0.4) is 0 Å². The second-order valence-electron chi connectivity index (χ2n) is 8.31. The summed E-state index contributed by atoms with van der Waals surface area (Å²) >= 11 is 5.97. The molecule has 0 radical (unpaired) electrons. The lowest BCUT2D eigenvalue weighted by atomic mass is 10.00. The Morgan fingerprint density at radius 2 is 1.77 bits per heavy atom. The monoisotopic (exact) mass is 428 g/mol. The maximum Gasteiger partial charge on any atom is 0.328 e. The molecule has 1 aliphatic rings. The van der Waals surface area contributed by atoms with E-state index in [0.717, 1.165) is 5.56 Å². The quantitative estimate of drug-likeness (QED) is 0.739. The fraction of sp³-hybridized carbons (Fsp3) is 0.348. The number of hydrogen-bond acceptors (Lipinski definition) is 4. The first kappa shape index (κ1) is 21.8. The molecule has 1 heterocycles. The zero-order valence-electron chi connectivity index (χ0n) is 17.4. The number of methoxy groups -OCH3 is 1. The Hall–Kier alpha value is -2.86. The highest BCUT2D eigenvalue weighted by molar-refractivity contribution is 6.30. The van der Waals surface area contributed by atoms with Gasteiger partial charge in [0, 0.05) is 22.5 Å². The Morgan fingerprint density at radius 3 is 2.37 bits per heavy atom. The summed E-state index contributed by atoms with van der Waals surface area (Å²) in [5.41, 5.74) is 1.29. The van der Waals surface area contributed by atoms with Crippen LogP contribution in [0.1, 0.15) is 48.3 Å². The number of halogens is 1. The Balaban J connectivity index is 2.05. The molecule has 0 fully saturated rings. The molecule has 2 amide bonds. The fourth-order valence-electron chi connectivity index (χ4n) is 3.64. The minimum absolute atomic E-state index is 0.197. The van der Waals surface area contributed by atoms with Gasteiger partial charge in [-0.05, 0) is 50.1 Å². The van der Waals surface area contributed by atoms with E-state index in [1.807, 2.05) is 20.8 Å². The van der Waals surface area contributed by atoms with E-state index >= 15 is 0 Å². The molecule has 2 atom stereocenters. The molecule has 7 heteroatoms. The molecule has 2 aromatic carbocycles. The number of nitrogens with one attached hydrogen (secondary N) is 1. The van der Waals surface area contributed by atoms with Crippen molar-refractivity contribution in [3.8, 4) is 0 Å². The van der Waals surface area contributed by atoms with Crippen LogP contribution in [0.4, 0.5) is 0 Å². The van der Waals surface area contributed by atoms with Gasteiger partial charge >= 0.3 is 5.97 Å². The van der Waals surface area contributed by atoms with Gasteiger partial charge in [0.05, 0.1) is 7.11 Å². The van der Waals surface area contributed by atoms with Crippen LogP contribution in [0.2, 0.25) is 5.02 Å². The average Bonchev–Trinajstić information content (AvgIpc) is 2.98. The van der Waals surface area contributed by atoms with Crippen LogP contribution in [0.15, 0.2) is 48.5 Å². The van der Waals surface area contributed by atoms with Crippen molar-refractivity contribution in [2.75, 3.05) is 7.11 Å². The highest BCUT2D eigenvalue weighted by Gasteiger charge is 2.47. The maximum absolute atomic E-state index is 13.3. The molecule has 0 bridgehead atoms. The second kappa shape index (κ2) is 8.48. The van der Waals surface area contributed by atoms with Gasteiger partial charge in [-0.1, -0.05) is 41.9 Å². The molecule has 3 rings (SSSR count). The van der Waals surface area contributed by atoms with Crippen molar-refractivity contribution < 1.29 is 19.1 Å². The number of rotatable bonds is 5. The van der Waals surface area contributed by atoms with Crippen molar-refractivity contribution in [1.29, 1.82) is 0 Å². The van der Waals surface area contributed by atoms with Crippen molar-refractivity contribution in [2.45, 2.75) is 44.8 Å². The summed E-state index contributed by atoms with van der Waals surface area (Å²) in [7, 11) is 1.27. The molecule has 30 heavy (non-hydrogen) atoms. The summed E-state index contributed by atoms with van der Waals surface area (Å²) < 4.78 is 5.01. The van der Waals surface area contributed by atoms with Crippen LogP contribution in [-0.2, 0) is 20.7 Å². The van der Waals surface area contributed by atoms with Crippen molar-refractivity contribution in [3.63, 3.8) is 0 Å². The molecule has 1 N–H and O–H groups in total. The molecule has 0 aliphatic carbocycles. The molecule has 1 unspecified atom stereocenters. The molecule has 0 aromatic heterocycles. The average molecular weight is 429 g/mol. The van der Waals surface area contributed by atoms with Gasteiger partial charge in [0.1, 0.15) is 12.1 Å². The number of hydrogen-bond donors (Lipinski definition) is 1. The number of benzene rings is 2. The zero-order chi connectivity index (χ0) is 22.1. The van der Waals surface area contributed by atoms with E-state index in [0.29, 0.717) is 16.1 Å². The highest BCUT2D eigenvalue weighted by atomic mass is 35.5. The molecule has 1 aliphatic heterocycles. The van der Waals surface area contributed by atoms with E-state index in [-0.39, 0.29) is 18.2 Å². The van der Waals surface area contributed by atoms with Crippen LogP contribution >= 0.6 is 11.6 Å². The number of fused-ring (bicyclic) bond motifs is 1. The molecular weight excluding hydrogens is 404 g/mol. The highest BCUT2D eigenvalue weighted by Crippen LogP contribution is 2.37. The Bertz CT molecular complexity index is 966. The van der Waals surface area contributed by atoms with E-state index in [1.54, 1.807) is 48.5 Å². The lowest BCUT2D eigenvalue weighted by molar-refractivity contribution is -0.147. The van der Waals surface area contributed by atoms with Gasteiger partial charge in [0.2, 0.25) is 5.91 Å². The van der Waals surface area contributed by atoms with E-state index in [9.17, 15) is 14.4 Å². The molecule has 2 aromatic rings. The van der Waals surface area contributed by atoms with E-state index in [2.05, 4.69) is 5.32 Å². The van der Waals surface area contributed by atoms with Crippen LogP contribution in [0.25, 0.3) is 0 Å². The van der Waals surface area contributed by atoms with Crippen molar-refractivity contribution in [3.05, 3.63) is 70.2 Å². The first-order valence-corrected chi connectivity index (χ1v) is 10.1. The lowest BCUT2D eigenvalue weighted by Gasteiger charge is -2.33. The fourth-order valence-corrected chi connectivity index (χ4v) is 3.76. The predicted octanol–water partition coefficient (Wildman–Crippen LogP) is 3.54. The van der Waals surface area contributed by atoms with E-state index in [4.69, 9.17) is 16.3 Å². The summed E-state index contributed by atoms with van der Waals surface area (Å²) in [5.74, 6) is -1.30. The van der Waals surface area contributed by atoms with Gasteiger partial charge in [-0.3, -0.25) is 9.59 Å². The van der Waals surface area contributed by atoms with E-state index in [1.165, 1.54) is 12.0 Å². The van der Waals surface area contributed by atoms with E-state index < -0.39 is 23.6 Å². The number of amides is 2. The van der Waals surface area contributed by atoms with Crippen molar-refractivity contribution >= 4 is 29.4 Å². The van der Waals surface area contributed by atoms with Crippen molar-refractivity contribution in [2.24, 2.45) is 0 Å². The number of esters is 1. The Morgan fingerprint density at radius 1 is 1.13 bits per heavy atom. The second-order valence-corrected chi connectivity index (χ2v) is 8.75. The summed E-state index contributed by atoms with van der Waals surface area (Å²) in [6, 6.07) is 12.1. The summed E-state index contributed by atoms with van der Waals surface area (Å²) in [5, 5.41) is 3.50. The van der Waals surface area contributed by atoms with Crippen LogP contribution < -0.4 is 5.32 Å². The predicted molar refractivity (Wildman–Crippen MR) is 114 cm³/mol. The zero-order valence-corrected chi connectivity index (χ0v) is 18.2. The Kier molecular flexibility index (Phi) is 6.17. The number of carbonyl (C=O) groups is 3. The number of carbonyl (C=O) groups excluding carboxylic acids is 3. The minimum atomic E-state index is -0.966. The summed E-state index contributed by atoms with van der Waals surface area (Å²) in [6.45, 7) is 5.59. The summed E-state index contributed by atoms with van der Waals surface area (Å²) in [6.07, 6.45) is 0.197. The standard InChI is InChI=1S/C23H25ClN2O4/c1-23(2,3)25-20(27)19-16-7-5-6-8-17(16)21(28)26(19)18(22(29)30-4)13-14-9-11-15(24)12-10-14/h5-12,18-19H,13H2,1-4H3,(H,25,27)/t18-,19?/m1/s1. The molecular formula is C23H25ClN2O4. The minimum Gasteiger partial charge on any atom is -0.467 e. The first-order valence-electron chi connectivity index (χ1n) is 9.68. The normalized spacial score (nSPS) is 16.8. The third kappa shape index (κ3) is 4.49. The van der Waals surface area contributed by atoms with Gasteiger partial charge in [-0.2, -0.15) is 0 Å².